The Kier molecular flexibility index (Phi) is 9.31. The molecule has 0 heterocycles. The van der Waals surface area contributed by atoms with E-state index in [2.05, 4.69) is 10.6 Å². The van der Waals surface area contributed by atoms with Crippen molar-refractivity contribution < 1.29 is 19.1 Å². The first-order valence-corrected chi connectivity index (χ1v) is 14.3. The predicted octanol–water partition coefficient (Wildman–Crippen LogP) is 5.61. The Hall–Kier alpha value is -3.35. The maximum Gasteiger partial charge on any atom is 0.408 e. The fourth-order valence-corrected chi connectivity index (χ4v) is 5.26. The van der Waals surface area contributed by atoms with Crippen LogP contribution in [0.3, 0.4) is 0 Å². The number of alkyl carbamates (subject to hydrolysis) is 1. The van der Waals surface area contributed by atoms with Gasteiger partial charge in [0.1, 0.15) is 17.7 Å². The summed E-state index contributed by atoms with van der Waals surface area (Å²) in [6, 6.07) is 15.9. The average Bonchev–Trinajstić information content (AvgIpc) is 3.72. The van der Waals surface area contributed by atoms with Crippen LogP contribution in [0, 0.1) is 6.92 Å². The van der Waals surface area contributed by atoms with E-state index >= 15 is 0 Å². The molecule has 2 N–H and O–H groups in total. The summed E-state index contributed by atoms with van der Waals surface area (Å²) in [5, 5.41) is 6.10. The maximum absolute atomic E-state index is 14.4. The van der Waals surface area contributed by atoms with Crippen molar-refractivity contribution in [1.82, 2.24) is 15.5 Å². The summed E-state index contributed by atoms with van der Waals surface area (Å²) < 4.78 is 5.52. The van der Waals surface area contributed by atoms with Gasteiger partial charge in [-0.05, 0) is 64.5 Å². The highest BCUT2D eigenvalue weighted by atomic mass is 16.6. The Morgan fingerprint density at radius 3 is 2.15 bits per heavy atom. The van der Waals surface area contributed by atoms with Gasteiger partial charge in [-0.25, -0.2) is 4.79 Å². The standard InChI is InChI=1S/C32H43N3O4/c1-22-15-17-24(18-16-22)28(29(36)33-25-13-9-6-10-14-25)35(26-19-20-26)30(37)27(21-23-11-7-5-8-12-23)34-31(38)39-32(2,3)4/h5,7-8,11-12,15-18,25-28H,6,9-10,13-14,19-21H2,1-4H3,(H,33,36)(H,34,38). The number of nitrogens with zero attached hydrogens (tertiary/aromatic N) is 1. The number of hydrogen-bond donors (Lipinski definition) is 2. The van der Waals surface area contributed by atoms with E-state index in [1.165, 1.54) is 6.42 Å². The predicted molar refractivity (Wildman–Crippen MR) is 152 cm³/mol. The molecule has 2 aliphatic carbocycles. The van der Waals surface area contributed by atoms with Crippen molar-refractivity contribution in [2.45, 2.75) is 109 Å². The fourth-order valence-electron chi connectivity index (χ4n) is 5.26. The Morgan fingerprint density at radius 2 is 1.56 bits per heavy atom. The molecule has 7 nitrogen and oxygen atoms in total. The van der Waals surface area contributed by atoms with Gasteiger partial charge in [-0.15, -0.1) is 0 Å². The highest BCUT2D eigenvalue weighted by Gasteiger charge is 2.44. The first-order chi connectivity index (χ1) is 18.6. The smallest absolute Gasteiger partial charge is 0.408 e. The first kappa shape index (κ1) is 28.7. The van der Waals surface area contributed by atoms with Gasteiger partial charge in [0.2, 0.25) is 11.8 Å². The molecule has 0 saturated heterocycles. The average molecular weight is 534 g/mol. The van der Waals surface area contributed by atoms with Crippen molar-refractivity contribution in [2.75, 3.05) is 0 Å². The van der Waals surface area contributed by atoms with Gasteiger partial charge in [-0.3, -0.25) is 9.59 Å². The van der Waals surface area contributed by atoms with Crippen LogP contribution in [0.4, 0.5) is 4.79 Å². The second kappa shape index (κ2) is 12.7. The lowest BCUT2D eigenvalue weighted by Crippen LogP contribution is -2.55. The zero-order valence-corrected chi connectivity index (χ0v) is 23.7. The monoisotopic (exact) mass is 533 g/mol. The van der Waals surface area contributed by atoms with Crippen LogP contribution in [0.15, 0.2) is 54.6 Å². The molecule has 210 valence electrons. The molecule has 39 heavy (non-hydrogen) atoms. The quantitative estimate of drug-likeness (QED) is 0.439. The zero-order valence-electron chi connectivity index (χ0n) is 23.7. The third-order valence-electron chi connectivity index (χ3n) is 7.34. The molecule has 2 aliphatic rings. The van der Waals surface area contributed by atoms with Crippen molar-refractivity contribution >= 4 is 17.9 Å². The van der Waals surface area contributed by atoms with Crippen molar-refractivity contribution in [3.63, 3.8) is 0 Å². The van der Waals surface area contributed by atoms with E-state index in [-0.39, 0.29) is 23.9 Å². The second-order valence-electron chi connectivity index (χ2n) is 12.0. The van der Waals surface area contributed by atoms with Crippen LogP contribution in [0.2, 0.25) is 0 Å². The largest absolute Gasteiger partial charge is 0.444 e. The number of benzene rings is 2. The van der Waals surface area contributed by atoms with E-state index in [4.69, 9.17) is 4.74 Å². The van der Waals surface area contributed by atoms with Gasteiger partial charge in [-0.1, -0.05) is 79.4 Å². The minimum atomic E-state index is -0.877. The van der Waals surface area contributed by atoms with Crippen LogP contribution in [0.25, 0.3) is 0 Å². The lowest BCUT2D eigenvalue weighted by Gasteiger charge is -2.36. The van der Waals surface area contributed by atoms with Crippen LogP contribution in [-0.4, -0.2) is 46.5 Å². The number of ether oxygens (including phenoxy) is 1. The Balaban J connectivity index is 1.66. The first-order valence-electron chi connectivity index (χ1n) is 14.3. The number of carbonyl (C=O) groups is 3. The number of amides is 3. The third kappa shape index (κ3) is 8.32. The summed E-state index contributed by atoms with van der Waals surface area (Å²) in [7, 11) is 0. The lowest BCUT2D eigenvalue weighted by molar-refractivity contribution is -0.143. The molecular weight excluding hydrogens is 490 g/mol. The van der Waals surface area contributed by atoms with Crippen molar-refractivity contribution in [3.8, 4) is 0 Å². The van der Waals surface area contributed by atoms with Gasteiger partial charge < -0.3 is 20.3 Å². The molecular formula is C32H43N3O4. The summed E-state index contributed by atoms with van der Waals surface area (Å²) in [5.74, 6) is -0.418. The van der Waals surface area contributed by atoms with Gasteiger partial charge in [0.05, 0.1) is 0 Å². The highest BCUT2D eigenvalue weighted by Crippen LogP contribution is 2.36. The van der Waals surface area contributed by atoms with E-state index in [9.17, 15) is 14.4 Å². The minimum absolute atomic E-state index is 0.0559. The molecule has 2 aromatic carbocycles. The topological polar surface area (TPSA) is 87.7 Å². The SMILES string of the molecule is Cc1ccc(C(C(=O)NC2CCCCC2)N(C(=O)C(Cc2ccccc2)NC(=O)OC(C)(C)C)C2CC2)cc1. The molecule has 2 saturated carbocycles. The van der Waals surface area contributed by atoms with E-state index in [0.717, 1.165) is 55.2 Å². The normalized spacial score (nSPS) is 17.5. The van der Waals surface area contributed by atoms with E-state index < -0.39 is 23.8 Å². The van der Waals surface area contributed by atoms with Crippen LogP contribution in [0.1, 0.15) is 88.4 Å². The van der Waals surface area contributed by atoms with Crippen molar-refractivity contribution in [1.29, 1.82) is 0 Å². The van der Waals surface area contributed by atoms with Crippen LogP contribution in [-0.2, 0) is 20.7 Å². The Morgan fingerprint density at radius 1 is 0.923 bits per heavy atom. The molecule has 0 aromatic heterocycles. The molecule has 2 aromatic rings. The Bertz CT molecular complexity index is 1120. The molecule has 2 fully saturated rings. The van der Waals surface area contributed by atoms with E-state index in [1.54, 1.807) is 25.7 Å². The second-order valence-corrected chi connectivity index (χ2v) is 12.0. The van der Waals surface area contributed by atoms with Gasteiger partial charge in [0.15, 0.2) is 0 Å². The maximum atomic E-state index is 14.4. The van der Waals surface area contributed by atoms with Crippen molar-refractivity contribution in [2.24, 2.45) is 0 Å². The van der Waals surface area contributed by atoms with E-state index in [1.807, 2.05) is 61.5 Å². The fraction of sp³-hybridized carbons (Fsp3) is 0.531. The lowest BCUT2D eigenvalue weighted by atomic mass is 9.94. The molecule has 0 aliphatic heterocycles. The Labute approximate surface area is 232 Å². The van der Waals surface area contributed by atoms with E-state index in [0.29, 0.717) is 6.42 Å². The molecule has 0 radical (unpaired) electrons. The molecule has 0 bridgehead atoms. The van der Waals surface area contributed by atoms with Crippen LogP contribution in [0.5, 0.6) is 0 Å². The zero-order chi connectivity index (χ0) is 28.0. The molecule has 4 rings (SSSR count). The van der Waals surface area contributed by atoms with Crippen LogP contribution < -0.4 is 10.6 Å². The number of hydrogen-bond acceptors (Lipinski definition) is 4. The molecule has 7 heteroatoms. The summed E-state index contributed by atoms with van der Waals surface area (Å²) >= 11 is 0. The molecule has 0 spiro atoms. The number of carbonyl (C=O) groups excluding carboxylic acids is 3. The molecule has 2 atom stereocenters. The van der Waals surface area contributed by atoms with Gasteiger partial charge in [0, 0.05) is 18.5 Å². The highest BCUT2D eigenvalue weighted by molar-refractivity contribution is 5.93. The summed E-state index contributed by atoms with van der Waals surface area (Å²) in [4.78, 5) is 42.9. The third-order valence-corrected chi connectivity index (χ3v) is 7.34. The van der Waals surface area contributed by atoms with Gasteiger partial charge in [0.25, 0.3) is 0 Å². The number of nitrogens with one attached hydrogen (secondary N) is 2. The number of aryl methyl sites for hydroxylation is 1. The van der Waals surface area contributed by atoms with Crippen LogP contribution >= 0.6 is 0 Å². The molecule has 2 unspecified atom stereocenters. The van der Waals surface area contributed by atoms with Gasteiger partial charge in [-0.2, -0.15) is 0 Å². The van der Waals surface area contributed by atoms with Gasteiger partial charge >= 0.3 is 6.09 Å². The summed E-state index contributed by atoms with van der Waals surface area (Å²) in [6.07, 6.45) is 6.62. The van der Waals surface area contributed by atoms with Crippen molar-refractivity contribution in [3.05, 3.63) is 71.3 Å². The number of rotatable bonds is 9. The summed E-state index contributed by atoms with van der Waals surface area (Å²) in [6.45, 7) is 7.38. The molecule has 3 amide bonds. The summed E-state index contributed by atoms with van der Waals surface area (Å²) in [5.41, 5.74) is 2.08. The minimum Gasteiger partial charge on any atom is -0.444 e.